The predicted molar refractivity (Wildman–Crippen MR) is 127 cm³/mol. The van der Waals surface area contributed by atoms with Gasteiger partial charge in [0.25, 0.3) is 5.91 Å². The monoisotopic (exact) mass is 488 g/mol. The quantitative estimate of drug-likeness (QED) is 0.532. The van der Waals surface area contributed by atoms with Crippen molar-refractivity contribution in [1.29, 1.82) is 0 Å². The summed E-state index contributed by atoms with van der Waals surface area (Å²) in [4.78, 5) is 19.6. The number of carbonyl (C=O) groups is 1. The summed E-state index contributed by atoms with van der Waals surface area (Å²) < 4.78 is 36.0. The number of nitrogens with zero attached hydrogens (tertiary/aromatic N) is 4. The first-order chi connectivity index (χ1) is 16.5. The van der Waals surface area contributed by atoms with E-state index in [0.717, 1.165) is 74.5 Å². The van der Waals surface area contributed by atoms with Crippen molar-refractivity contribution in [3.05, 3.63) is 41.7 Å². The molecule has 1 saturated heterocycles. The number of nitrogen functional groups attached to an aromatic ring is 1. The number of ether oxygens (including phenoxy) is 1. The van der Waals surface area contributed by atoms with Crippen molar-refractivity contribution in [3.63, 3.8) is 0 Å². The fraction of sp³-hybridized carbons (Fsp3) is 0.435. The van der Waals surface area contributed by atoms with Crippen LogP contribution >= 0.6 is 11.3 Å². The van der Waals surface area contributed by atoms with Crippen LogP contribution in [0, 0.1) is 11.6 Å². The van der Waals surface area contributed by atoms with Gasteiger partial charge in [0.1, 0.15) is 27.3 Å². The number of nitrogens with two attached hydrogens (primary N) is 1. The van der Waals surface area contributed by atoms with Gasteiger partial charge in [0.05, 0.1) is 23.9 Å². The van der Waals surface area contributed by atoms with Gasteiger partial charge in [0, 0.05) is 20.2 Å². The van der Waals surface area contributed by atoms with Crippen molar-refractivity contribution in [1.82, 2.24) is 14.8 Å². The molecule has 3 N–H and O–H groups in total. The Hall–Kier alpha value is -3.05. The molecule has 2 aliphatic rings. The van der Waals surface area contributed by atoms with E-state index in [0.29, 0.717) is 11.7 Å². The molecule has 11 heteroatoms. The van der Waals surface area contributed by atoms with Gasteiger partial charge in [-0.25, -0.2) is 18.4 Å². The number of nitrogens with one attached hydrogen (secondary N) is 1. The Morgan fingerprint density at radius 1 is 1.21 bits per heavy atom. The zero-order valence-corrected chi connectivity index (χ0v) is 19.6. The van der Waals surface area contributed by atoms with E-state index in [4.69, 9.17) is 10.5 Å². The maximum atomic E-state index is 14.2. The molecule has 1 aliphatic heterocycles. The third-order valence-corrected chi connectivity index (χ3v) is 7.17. The molecule has 1 amide bonds. The summed E-state index contributed by atoms with van der Waals surface area (Å²) in [5.74, 6) is -1.20. The number of aromatic nitrogens is 3. The molecule has 0 unspecified atom stereocenters. The SMILES string of the molecule is CO[C@@H]1CCCN(c2c(NC(=O)c3nc(-c4c(F)cccc4F)sc3N)cnn2C2CC2)CC1. The number of carbonyl (C=O) groups excluding carboxylic acids is 1. The largest absolute Gasteiger partial charge is 0.389 e. The highest BCUT2D eigenvalue weighted by atomic mass is 32.1. The van der Waals surface area contributed by atoms with E-state index in [1.807, 2.05) is 4.68 Å². The molecule has 2 aromatic heterocycles. The molecule has 8 nitrogen and oxygen atoms in total. The van der Waals surface area contributed by atoms with Crippen molar-refractivity contribution in [2.45, 2.75) is 44.2 Å². The van der Waals surface area contributed by atoms with Crippen molar-refractivity contribution in [2.24, 2.45) is 0 Å². The standard InChI is InChI=1S/C23H26F2N6O2S/c1-33-14-4-3-10-30(11-9-14)23-17(12-27-31(23)13-7-8-13)28-21(32)19-20(26)34-22(29-19)18-15(24)5-2-6-16(18)25/h2,5-6,12-14H,3-4,7-11,26H2,1H3,(H,28,32)/t14-/m1/s1. The van der Waals surface area contributed by atoms with Gasteiger partial charge in [-0.2, -0.15) is 5.10 Å². The normalized spacial score (nSPS) is 18.7. The summed E-state index contributed by atoms with van der Waals surface area (Å²) in [6.07, 6.45) is 6.79. The van der Waals surface area contributed by atoms with Gasteiger partial charge in [-0.1, -0.05) is 17.4 Å². The second-order valence-electron chi connectivity index (χ2n) is 8.62. The van der Waals surface area contributed by atoms with Crippen LogP contribution in [0.15, 0.2) is 24.4 Å². The minimum absolute atomic E-state index is 0.0188. The van der Waals surface area contributed by atoms with E-state index in [-0.39, 0.29) is 27.4 Å². The first-order valence-corrected chi connectivity index (χ1v) is 12.1. The number of amides is 1. The van der Waals surface area contributed by atoms with Gasteiger partial charge in [-0.15, -0.1) is 0 Å². The molecule has 34 heavy (non-hydrogen) atoms. The Morgan fingerprint density at radius 2 is 1.97 bits per heavy atom. The molecule has 5 rings (SSSR count). The molecule has 0 spiro atoms. The summed E-state index contributed by atoms with van der Waals surface area (Å²) in [6.45, 7) is 1.62. The van der Waals surface area contributed by atoms with Crippen LogP contribution in [0.2, 0.25) is 0 Å². The average molecular weight is 489 g/mol. The summed E-state index contributed by atoms with van der Waals surface area (Å²) >= 11 is 0.873. The molecule has 1 aliphatic carbocycles. The van der Waals surface area contributed by atoms with Gasteiger partial charge < -0.3 is 20.7 Å². The zero-order chi connectivity index (χ0) is 23.8. The first kappa shape index (κ1) is 22.7. The van der Waals surface area contributed by atoms with Gasteiger partial charge in [-0.3, -0.25) is 4.79 Å². The minimum atomic E-state index is -0.760. The summed E-state index contributed by atoms with van der Waals surface area (Å²) in [7, 11) is 1.74. The third kappa shape index (κ3) is 4.37. The Bertz CT molecular complexity index is 1190. The fourth-order valence-corrected chi connectivity index (χ4v) is 5.22. The Morgan fingerprint density at radius 3 is 2.68 bits per heavy atom. The van der Waals surface area contributed by atoms with E-state index in [1.54, 1.807) is 13.3 Å². The van der Waals surface area contributed by atoms with E-state index >= 15 is 0 Å². The van der Waals surface area contributed by atoms with Crippen LogP contribution in [0.25, 0.3) is 10.6 Å². The summed E-state index contributed by atoms with van der Waals surface area (Å²) in [6, 6.07) is 3.88. The Labute approximate surface area is 199 Å². The molecular weight excluding hydrogens is 462 g/mol. The lowest BCUT2D eigenvalue weighted by atomic mass is 10.2. The van der Waals surface area contributed by atoms with Crippen LogP contribution in [0.3, 0.4) is 0 Å². The van der Waals surface area contributed by atoms with Crippen LogP contribution in [-0.2, 0) is 4.74 Å². The molecule has 1 aromatic carbocycles. The summed E-state index contributed by atoms with van der Waals surface area (Å²) in [5.41, 5.74) is 6.24. The van der Waals surface area contributed by atoms with Crippen LogP contribution in [0.5, 0.6) is 0 Å². The van der Waals surface area contributed by atoms with Crippen molar-refractivity contribution in [2.75, 3.05) is 36.1 Å². The maximum Gasteiger partial charge on any atom is 0.277 e. The predicted octanol–water partition coefficient (Wildman–Crippen LogP) is 4.46. The highest BCUT2D eigenvalue weighted by molar-refractivity contribution is 7.19. The van der Waals surface area contributed by atoms with Gasteiger partial charge in [0.15, 0.2) is 11.5 Å². The molecular formula is C23H26F2N6O2S. The number of hydrogen-bond acceptors (Lipinski definition) is 7. The lowest BCUT2D eigenvalue weighted by molar-refractivity contribution is 0.0931. The van der Waals surface area contributed by atoms with Crippen LogP contribution in [0.4, 0.5) is 25.3 Å². The molecule has 0 bridgehead atoms. The number of methoxy groups -OCH3 is 1. The maximum absolute atomic E-state index is 14.2. The minimum Gasteiger partial charge on any atom is -0.389 e. The second-order valence-corrected chi connectivity index (χ2v) is 9.65. The highest BCUT2D eigenvalue weighted by Gasteiger charge is 2.32. The van der Waals surface area contributed by atoms with Gasteiger partial charge in [0.2, 0.25) is 0 Å². The van der Waals surface area contributed by atoms with E-state index in [1.165, 1.54) is 6.07 Å². The molecule has 3 aromatic rings. The molecule has 0 radical (unpaired) electrons. The molecule has 2 fully saturated rings. The highest BCUT2D eigenvalue weighted by Crippen LogP contribution is 2.41. The average Bonchev–Trinajstić information content (AvgIpc) is 3.53. The Balaban J connectivity index is 1.42. The lowest BCUT2D eigenvalue weighted by Gasteiger charge is -2.25. The van der Waals surface area contributed by atoms with Gasteiger partial charge in [-0.05, 0) is 44.2 Å². The lowest BCUT2D eigenvalue weighted by Crippen LogP contribution is -2.28. The van der Waals surface area contributed by atoms with E-state index < -0.39 is 17.5 Å². The van der Waals surface area contributed by atoms with Crippen molar-refractivity contribution >= 4 is 33.8 Å². The topological polar surface area (TPSA) is 98.3 Å². The van der Waals surface area contributed by atoms with E-state index in [9.17, 15) is 13.6 Å². The molecule has 3 heterocycles. The van der Waals surface area contributed by atoms with E-state index in [2.05, 4.69) is 20.3 Å². The number of benzene rings is 1. The molecule has 180 valence electrons. The van der Waals surface area contributed by atoms with Gasteiger partial charge >= 0.3 is 0 Å². The van der Waals surface area contributed by atoms with Crippen molar-refractivity contribution in [3.8, 4) is 10.6 Å². The van der Waals surface area contributed by atoms with Crippen LogP contribution in [0.1, 0.15) is 48.6 Å². The third-order valence-electron chi connectivity index (χ3n) is 6.26. The Kier molecular flexibility index (Phi) is 6.22. The molecule has 1 saturated carbocycles. The second kappa shape index (κ2) is 9.30. The van der Waals surface area contributed by atoms with Crippen LogP contribution < -0.4 is 16.0 Å². The fourth-order valence-electron chi connectivity index (χ4n) is 4.34. The number of thiazole rings is 1. The first-order valence-electron chi connectivity index (χ1n) is 11.3. The van der Waals surface area contributed by atoms with Crippen molar-refractivity contribution < 1.29 is 18.3 Å². The summed E-state index contributed by atoms with van der Waals surface area (Å²) in [5, 5.41) is 7.54. The number of hydrogen-bond donors (Lipinski definition) is 2. The number of halogens is 2. The zero-order valence-electron chi connectivity index (χ0n) is 18.8. The van der Waals surface area contributed by atoms with Crippen LogP contribution in [-0.4, -0.2) is 47.0 Å². The number of rotatable bonds is 6. The number of anilines is 3. The smallest absolute Gasteiger partial charge is 0.277 e. The molecule has 1 atom stereocenters.